The van der Waals surface area contributed by atoms with E-state index in [-0.39, 0.29) is 6.61 Å². The third-order valence-electron chi connectivity index (χ3n) is 4.84. The van der Waals surface area contributed by atoms with E-state index < -0.39 is 0 Å². The van der Waals surface area contributed by atoms with Crippen LogP contribution in [0.2, 0.25) is 0 Å². The average molecular weight is 375 g/mol. The second-order valence-electron chi connectivity index (χ2n) is 6.36. The number of hydrogen-bond donors (Lipinski definition) is 1. The van der Waals surface area contributed by atoms with Crippen LogP contribution in [0.25, 0.3) is 20.9 Å². The molecule has 0 bridgehead atoms. The van der Waals surface area contributed by atoms with Crippen LogP contribution in [0.3, 0.4) is 0 Å². The Kier molecular flexibility index (Phi) is 4.73. The molecule has 7 heteroatoms. The predicted molar refractivity (Wildman–Crippen MR) is 106 cm³/mol. The minimum Gasteiger partial charge on any atom is -0.395 e. The normalized spacial score (nSPS) is 16.0. The second kappa shape index (κ2) is 6.99. The Morgan fingerprint density at radius 3 is 2.64 bits per heavy atom. The van der Waals surface area contributed by atoms with Crippen molar-refractivity contribution in [3.05, 3.63) is 28.0 Å². The number of anilines is 1. The van der Waals surface area contributed by atoms with Gasteiger partial charge >= 0.3 is 0 Å². The van der Waals surface area contributed by atoms with Gasteiger partial charge in [-0.2, -0.15) is 0 Å². The number of aliphatic hydroxyl groups excluding tert-OH is 1. The number of aliphatic hydroxyl groups is 1. The highest BCUT2D eigenvalue weighted by molar-refractivity contribution is 7.19. The van der Waals surface area contributed by atoms with E-state index in [1.807, 2.05) is 6.07 Å². The molecule has 0 atom stereocenters. The zero-order chi connectivity index (χ0) is 17.4. The molecule has 0 aliphatic carbocycles. The van der Waals surface area contributed by atoms with Crippen molar-refractivity contribution in [1.29, 1.82) is 0 Å². The van der Waals surface area contributed by atoms with Crippen LogP contribution in [0.4, 0.5) is 5.82 Å². The topological polar surface area (TPSA) is 52.5 Å². The number of aromatic nitrogens is 2. The quantitative estimate of drug-likeness (QED) is 0.760. The van der Waals surface area contributed by atoms with Crippen LogP contribution < -0.4 is 4.90 Å². The van der Waals surface area contributed by atoms with E-state index in [1.54, 1.807) is 22.7 Å². The molecule has 0 amide bonds. The lowest BCUT2D eigenvalue weighted by Crippen LogP contribution is -2.47. The first kappa shape index (κ1) is 16.9. The molecule has 132 valence electrons. The standard InChI is InChI=1S/C18H22N4OS2/c1-12-13(2)25-18-15(12)17(19-16(20-18)14-4-3-11-24-14)22-7-5-21(6-8-22)9-10-23/h3-4,11,23H,5-10H2,1-2H3. The maximum absolute atomic E-state index is 9.15. The first-order valence-corrected chi connectivity index (χ1v) is 10.3. The molecule has 0 aromatic carbocycles. The predicted octanol–water partition coefficient (Wildman–Crippen LogP) is 3.15. The van der Waals surface area contributed by atoms with Crippen LogP contribution in [0.5, 0.6) is 0 Å². The minimum absolute atomic E-state index is 0.225. The maximum atomic E-state index is 9.15. The molecular weight excluding hydrogens is 352 g/mol. The Hall–Kier alpha value is -1.54. The van der Waals surface area contributed by atoms with Crippen molar-refractivity contribution in [2.24, 2.45) is 0 Å². The fourth-order valence-corrected chi connectivity index (χ4v) is 4.98. The Balaban J connectivity index is 1.76. The van der Waals surface area contributed by atoms with E-state index in [4.69, 9.17) is 15.1 Å². The van der Waals surface area contributed by atoms with E-state index in [2.05, 4.69) is 35.1 Å². The molecule has 1 saturated heterocycles. The summed E-state index contributed by atoms with van der Waals surface area (Å²) in [4.78, 5) is 18.0. The summed E-state index contributed by atoms with van der Waals surface area (Å²) in [6, 6.07) is 4.13. The van der Waals surface area contributed by atoms with Crippen LogP contribution in [0, 0.1) is 13.8 Å². The van der Waals surface area contributed by atoms with Crippen LogP contribution in [0.15, 0.2) is 17.5 Å². The molecule has 0 saturated carbocycles. The molecule has 1 aliphatic heterocycles. The van der Waals surface area contributed by atoms with E-state index >= 15 is 0 Å². The highest BCUT2D eigenvalue weighted by Crippen LogP contribution is 2.37. The van der Waals surface area contributed by atoms with E-state index in [0.29, 0.717) is 0 Å². The molecule has 25 heavy (non-hydrogen) atoms. The molecule has 3 aromatic rings. The lowest BCUT2D eigenvalue weighted by Gasteiger charge is -2.35. The van der Waals surface area contributed by atoms with Crippen molar-refractivity contribution < 1.29 is 5.11 Å². The zero-order valence-corrected chi connectivity index (χ0v) is 16.2. The Labute approximate surface area is 155 Å². The number of aryl methyl sites for hydroxylation is 2. The summed E-state index contributed by atoms with van der Waals surface area (Å²) < 4.78 is 0. The van der Waals surface area contributed by atoms with Gasteiger partial charge in [0.1, 0.15) is 10.6 Å². The number of nitrogens with zero attached hydrogens (tertiary/aromatic N) is 4. The van der Waals surface area contributed by atoms with Gasteiger partial charge in [0.25, 0.3) is 0 Å². The van der Waals surface area contributed by atoms with Crippen molar-refractivity contribution in [3.8, 4) is 10.7 Å². The molecule has 0 spiro atoms. The molecule has 3 aromatic heterocycles. The monoisotopic (exact) mass is 374 g/mol. The second-order valence-corrected chi connectivity index (χ2v) is 8.51. The Morgan fingerprint density at radius 2 is 1.96 bits per heavy atom. The molecule has 5 nitrogen and oxygen atoms in total. The van der Waals surface area contributed by atoms with Gasteiger partial charge in [0.2, 0.25) is 0 Å². The number of β-amino-alcohol motifs (C(OH)–C–C–N with tert-alkyl or cyclic N) is 1. The molecule has 1 fully saturated rings. The number of hydrogen-bond acceptors (Lipinski definition) is 7. The number of piperazine rings is 1. The van der Waals surface area contributed by atoms with Crippen molar-refractivity contribution in [3.63, 3.8) is 0 Å². The zero-order valence-electron chi connectivity index (χ0n) is 14.5. The van der Waals surface area contributed by atoms with Crippen LogP contribution in [-0.2, 0) is 0 Å². The third kappa shape index (κ3) is 3.17. The smallest absolute Gasteiger partial charge is 0.173 e. The molecule has 1 N–H and O–H groups in total. The summed E-state index contributed by atoms with van der Waals surface area (Å²) in [5.41, 5.74) is 1.30. The summed E-state index contributed by atoms with van der Waals surface area (Å²) in [5.74, 6) is 1.90. The Morgan fingerprint density at radius 1 is 1.16 bits per heavy atom. The van der Waals surface area contributed by atoms with Gasteiger partial charge in [-0.15, -0.1) is 22.7 Å². The summed E-state index contributed by atoms with van der Waals surface area (Å²) in [6.45, 7) is 9.11. The van der Waals surface area contributed by atoms with E-state index in [9.17, 15) is 0 Å². The van der Waals surface area contributed by atoms with Gasteiger partial charge in [-0.05, 0) is 30.9 Å². The van der Waals surface area contributed by atoms with Crippen molar-refractivity contribution in [2.45, 2.75) is 13.8 Å². The molecule has 0 radical (unpaired) electrons. The lowest BCUT2D eigenvalue weighted by atomic mass is 10.2. The number of rotatable bonds is 4. The van der Waals surface area contributed by atoms with Gasteiger partial charge in [0.05, 0.1) is 16.9 Å². The number of fused-ring (bicyclic) bond motifs is 1. The SMILES string of the molecule is Cc1sc2nc(-c3cccs3)nc(N3CCN(CCO)CC3)c2c1C. The van der Waals surface area contributed by atoms with E-state index in [1.165, 1.54) is 15.8 Å². The molecule has 1 aliphatic rings. The highest BCUT2D eigenvalue weighted by atomic mass is 32.1. The van der Waals surface area contributed by atoms with Crippen molar-refractivity contribution in [1.82, 2.24) is 14.9 Å². The van der Waals surface area contributed by atoms with Gasteiger partial charge in [-0.1, -0.05) is 6.07 Å². The summed E-state index contributed by atoms with van der Waals surface area (Å²) >= 11 is 3.44. The van der Waals surface area contributed by atoms with Crippen LogP contribution in [-0.4, -0.2) is 59.3 Å². The molecule has 0 unspecified atom stereocenters. The van der Waals surface area contributed by atoms with Gasteiger partial charge in [-0.25, -0.2) is 9.97 Å². The largest absolute Gasteiger partial charge is 0.395 e. The molecular formula is C18H22N4OS2. The maximum Gasteiger partial charge on any atom is 0.173 e. The van der Waals surface area contributed by atoms with E-state index in [0.717, 1.165) is 54.1 Å². The fraction of sp³-hybridized carbons (Fsp3) is 0.444. The molecule has 4 rings (SSSR count). The van der Waals surface area contributed by atoms with Crippen LogP contribution in [0.1, 0.15) is 10.4 Å². The fourth-order valence-electron chi connectivity index (χ4n) is 3.30. The summed E-state index contributed by atoms with van der Waals surface area (Å²) in [6.07, 6.45) is 0. The van der Waals surface area contributed by atoms with Gasteiger partial charge in [0.15, 0.2) is 5.82 Å². The summed E-state index contributed by atoms with van der Waals surface area (Å²) in [7, 11) is 0. The number of thiophene rings is 2. The van der Waals surface area contributed by atoms with Gasteiger partial charge < -0.3 is 10.0 Å². The summed E-state index contributed by atoms with van der Waals surface area (Å²) in [5, 5.41) is 12.4. The van der Waals surface area contributed by atoms with Crippen LogP contribution >= 0.6 is 22.7 Å². The third-order valence-corrected chi connectivity index (χ3v) is 6.81. The highest BCUT2D eigenvalue weighted by Gasteiger charge is 2.23. The van der Waals surface area contributed by atoms with Crippen molar-refractivity contribution in [2.75, 3.05) is 44.2 Å². The van der Waals surface area contributed by atoms with Gasteiger partial charge in [-0.3, -0.25) is 4.90 Å². The average Bonchev–Trinajstić information content (AvgIpc) is 3.24. The first-order valence-electron chi connectivity index (χ1n) is 8.57. The Bertz CT molecular complexity index is 867. The molecule has 4 heterocycles. The minimum atomic E-state index is 0.225. The van der Waals surface area contributed by atoms with Crippen molar-refractivity contribution >= 4 is 38.7 Å². The first-order chi connectivity index (χ1) is 12.2. The van der Waals surface area contributed by atoms with Gasteiger partial charge in [0, 0.05) is 37.6 Å². The lowest BCUT2D eigenvalue weighted by molar-refractivity contribution is 0.188.